The number of nitrogens with one attached hydrogen (secondary N) is 1. The number of alkyl halides is 3. The van der Waals surface area contributed by atoms with Gasteiger partial charge in [-0.25, -0.2) is 8.60 Å². The summed E-state index contributed by atoms with van der Waals surface area (Å²) in [6.07, 6.45) is -3.56. The molecule has 0 aromatic heterocycles. The molecule has 0 saturated heterocycles. The molecule has 2 aromatic rings. The summed E-state index contributed by atoms with van der Waals surface area (Å²) >= 11 is 0. The molecule has 1 N–H and O–H groups in total. The standard InChI is InChI=1S/C20H16F4N2O3S/c21-15-3-1-2-14-16(8-9-26(19(14)15)11-20(22,23)24)29-13-6-4-12(5-7-13)17-10-18(27)25-30(17)28/h1-7,10,16H,8-9,11H2,(H,25,27). The molecule has 158 valence electrons. The molecular weight excluding hydrogens is 424 g/mol. The van der Waals surface area contributed by atoms with Crippen molar-refractivity contribution in [3.63, 3.8) is 0 Å². The third kappa shape index (κ3) is 4.18. The molecule has 2 atom stereocenters. The number of para-hydroxylation sites is 1. The Bertz CT molecular complexity index is 1040. The number of benzene rings is 2. The first-order valence-corrected chi connectivity index (χ1v) is 10.2. The lowest BCUT2D eigenvalue weighted by Gasteiger charge is -2.36. The summed E-state index contributed by atoms with van der Waals surface area (Å²) in [6.45, 7) is -1.24. The average molecular weight is 440 g/mol. The maximum atomic E-state index is 14.4. The zero-order valence-corrected chi connectivity index (χ0v) is 16.2. The molecule has 4 rings (SSSR count). The molecule has 2 aromatic carbocycles. The van der Waals surface area contributed by atoms with Crippen molar-refractivity contribution in [1.29, 1.82) is 0 Å². The maximum absolute atomic E-state index is 14.4. The number of carbonyl (C=O) groups excluding carboxylic acids is 1. The van der Waals surface area contributed by atoms with Crippen LogP contribution in [0.4, 0.5) is 23.2 Å². The van der Waals surface area contributed by atoms with Crippen LogP contribution < -0.4 is 14.4 Å². The molecule has 2 aliphatic rings. The molecule has 2 aliphatic heterocycles. The highest BCUT2D eigenvalue weighted by Gasteiger charge is 2.36. The third-order valence-corrected chi connectivity index (χ3v) is 5.92. The number of hydrogen-bond acceptors (Lipinski definition) is 4. The summed E-state index contributed by atoms with van der Waals surface area (Å²) in [7, 11) is -1.62. The van der Waals surface area contributed by atoms with Gasteiger partial charge >= 0.3 is 6.18 Å². The van der Waals surface area contributed by atoms with E-state index in [0.717, 1.165) is 11.0 Å². The molecule has 0 fully saturated rings. The van der Waals surface area contributed by atoms with Crippen LogP contribution >= 0.6 is 0 Å². The van der Waals surface area contributed by atoms with E-state index in [9.17, 15) is 26.6 Å². The van der Waals surface area contributed by atoms with Crippen LogP contribution in [0.1, 0.15) is 23.7 Å². The van der Waals surface area contributed by atoms with Crippen molar-refractivity contribution in [3.05, 3.63) is 65.5 Å². The topological polar surface area (TPSA) is 58.6 Å². The normalized spacial score (nSPS) is 21.1. The lowest BCUT2D eigenvalue weighted by molar-refractivity contribution is -0.120. The van der Waals surface area contributed by atoms with Gasteiger partial charge in [0.1, 0.15) is 24.2 Å². The molecule has 0 spiro atoms. The fraction of sp³-hybridized carbons (Fsp3) is 0.250. The van der Waals surface area contributed by atoms with E-state index in [1.807, 2.05) is 0 Å². The van der Waals surface area contributed by atoms with E-state index in [1.54, 1.807) is 30.3 Å². The SMILES string of the molecule is O=C1C=C(c2ccc(OC3CCN(CC(F)(F)F)c4c(F)cccc43)cc2)S(=O)N1. The summed E-state index contributed by atoms with van der Waals surface area (Å²) in [5.41, 5.74) is 0.827. The minimum atomic E-state index is -4.45. The zero-order valence-electron chi connectivity index (χ0n) is 15.4. The van der Waals surface area contributed by atoms with Gasteiger partial charge in [0, 0.05) is 24.6 Å². The van der Waals surface area contributed by atoms with Crippen LogP contribution in [0.25, 0.3) is 4.91 Å². The van der Waals surface area contributed by atoms with Crippen LogP contribution in [0.2, 0.25) is 0 Å². The van der Waals surface area contributed by atoms with Crippen molar-refractivity contribution in [2.45, 2.75) is 18.7 Å². The van der Waals surface area contributed by atoms with Crippen molar-refractivity contribution in [2.75, 3.05) is 18.0 Å². The number of nitrogens with zero attached hydrogens (tertiary/aromatic N) is 1. The number of fused-ring (bicyclic) bond motifs is 1. The van der Waals surface area contributed by atoms with Crippen LogP contribution in [0.3, 0.4) is 0 Å². The number of carbonyl (C=O) groups is 1. The number of rotatable bonds is 4. The van der Waals surface area contributed by atoms with E-state index in [1.165, 1.54) is 12.1 Å². The van der Waals surface area contributed by atoms with Crippen LogP contribution in [-0.4, -0.2) is 29.4 Å². The quantitative estimate of drug-likeness (QED) is 0.734. The molecule has 5 nitrogen and oxygen atoms in total. The smallest absolute Gasteiger partial charge is 0.405 e. The summed E-state index contributed by atoms with van der Waals surface area (Å²) < 4.78 is 73.1. The third-order valence-electron chi connectivity index (χ3n) is 4.78. The molecule has 30 heavy (non-hydrogen) atoms. The van der Waals surface area contributed by atoms with Gasteiger partial charge in [-0.05, 0) is 23.8 Å². The Morgan fingerprint density at radius 1 is 1.17 bits per heavy atom. The summed E-state index contributed by atoms with van der Waals surface area (Å²) in [6, 6.07) is 10.6. The second-order valence-corrected chi connectivity index (χ2v) is 8.06. The summed E-state index contributed by atoms with van der Waals surface area (Å²) in [5, 5.41) is 0. The fourth-order valence-electron chi connectivity index (χ4n) is 3.56. The first kappa shape index (κ1) is 20.4. The van der Waals surface area contributed by atoms with Crippen LogP contribution in [0, 0.1) is 5.82 Å². The molecule has 0 radical (unpaired) electrons. The van der Waals surface area contributed by atoms with E-state index in [-0.39, 0.29) is 18.7 Å². The molecular formula is C20H16F4N2O3S. The summed E-state index contributed by atoms with van der Waals surface area (Å²) in [4.78, 5) is 12.6. The van der Waals surface area contributed by atoms with Gasteiger partial charge in [0.05, 0.1) is 10.6 Å². The molecule has 0 saturated carbocycles. The molecule has 10 heteroatoms. The molecule has 1 amide bonds. The Balaban J connectivity index is 1.56. The average Bonchev–Trinajstić information content (AvgIpc) is 3.01. The van der Waals surface area contributed by atoms with Gasteiger partial charge in [0.25, 0.3) is 5.91 Å². The van der Waals surface area contributed by atoms with E-state index in [0.29, 0.717) is 21.8 Å². The van der Waals surface area contributed by atoms with Gasteiger partial charge in [-0.2, -0.15) is 13.2 Å². The van der Waals surface area contributed by atoms with E-state index in [2.05, 4.69) is 4.72 Å². The maximum Gasteiger partial charge on any atom is 0.405 e. The molecule has 0 aliphatic carbocycles. The Labute approximate surface area is 171 Å². The van der Waals surface area contributed by atoms with E-state index < -0.39 is 41.5 Å². The lowest BCUT2D eigenvalue weighted by atomic mass is 9.98. The molecule has 2 heterocycles. The van der Waals surface area contributed by atoms with E-state index >= 15 is 0 Å². The Hall–Kier alpha value is -2.88. The van der Waals surface area contributed by atoms with Crippen molar-refractivity contribution in [1.82, 2.24) is 4.72 Å². The van der Waals surface area contributed by atoms with Crippen molar-refractivity contribution in [2.24, 2.45) is 0 Å². The van der Waals surface area contributed by atoms with Gasteiger partial charge < -0.3 is 9.64 Å². The minimum absolute atomic E-state index is 0.00412. The number of anilines is 1. The van der Waals surface area contributed by atoms with Crippen molar-refractivity contribution in [3.8, 4) is 5.75 Å². The Kier molecular flexibility index (Phi) is 5.27. The lowest BCUT2D eigenvalue weighted by Crippen LogP contribution is -2.40. The highest BCUT2D eigenvalue weighted by atomic mass is 32.2. The zero-order chi connectivity index (χ0) is 21.5. The van der Waals surface area contributed by atoms with Crippen LogP contribution in [0.15, 0.2) is 48.5 Å². The first-order valence-electron chi connectivity index (χ1n) is 9.02. The largest absolute Gasteiger partial charge is 0.486 e. The number of hydrogen-bond donors (Lipinski definition) is 1. The van der Waals surface area contributed by atoms with Crippen molar-refractivity contribution < 1.29 is 31.3 Å². The van der Waals surface area contributed by atoms with Gasteiger partial charge in [-0.15, -0.1) is 0 Å². The number of amides is 1. The number of halogens is 4. The number of ether oxygens (including phenoxy) is 1. The van der Waals surface area contributed by atoms with Gasteiger partial charge in [0.15, 0.2) is 11.0 Å². The Morgan fingerprint density at radius 3 is 2.53 bits per heavy atom. The fourth-order valence-corrected chi connectivity index (χ4v) is 4.48. The van der Waals surface area contributed by atoms with Crippen molar-refractivity contribution >= 4 is 27.5 Å². The predicted molar refractivity (Wildman–Crippen MR) is 103 cm³/mol. The van der Waals surface area contributed by atoms with Crippen LogP contribution in [-0.2, 0) is 15.8 Å². The minimum Gasteiger partial charge on any atom is -0.486 e. The van der Waals surface area contributed by atoms with Gasteiger partial charge in [-0.1, -0.05) is 24.3 Å². The highest BCUT2D eigenvalue weighted by molar-refractivity contribution is 7.93. The van der Waals surface area contributed by atoms with E-state index in [4.69, 9.17) is 4.74 Å². The van der Waals surface area contributed by atoms with Crippen LogP contribution in [0.5, 0.6) is 5.75 Å². The second-order valence-electron chi connectivity index (χ2n) is 6.88. The highest BCUT2D eigenvalue weighted by Crippen LogP contribution is 2.39. The van der Waals surface area contributed by atoms with Gasteiger partial charge in [0.2, 0.25) is 0 Å². The first-order chi connectivity index (χ1) is 14.2. The predicted octanol–water partition coefficient (Wildman–Crippen LogP) is 3.85. The summed E-state index contributed by atoms with van der Waals surface area (Å²) in [5.74, 6) is -0.743. The second kappa shape index (κ2) is 7.75. The Morgan fingerprint density at radius 2 is 1.90 bits per heavy atom. The monoisotopic (exact) mass is 440 g/mol. The molecule has 2 unspecified atom stereocenters. The van der Waals surface area contributed by atoms with Gasteiger partial charge in [-0.3, -0.25) is 9.52 Å². The molecule has 0 bridgehead atoms.